The Labute approximate surface area is 205 Å². The first-order valence-corrected chi connectivity index (χ1v) is 12.2. The number of nitrogens with one attached hydrogen (secondary N) is 1. The summed E-state index contributed by atoms with van der Waals surface area (Å²) >= 11 is 0. The van der Waals surface area contributed by atoms with Crippen molar-refractivity contribution >= 4 is 10.9 Å². The molecule has 4 aromatic rings. The lowest BCUT2D eigenvalue weighted by Crippen LogP contribution is -2.34. The van der Waals surface area contributed by atoms with Crippen molar-refractivity contribution in [3.63, 3.8) is 0 Å². The van der Waals surface area contributed by atoms with E-state index in [1.165, 1.54) is 5.56 Å². The molecule has 0 saturated carbocycles. The van der Waals surface area contributed by atoms with Crippen molar-refractivity contribution in [2.24, 2.45) is 0 Å². The minimum absolute atomic E-state index is 0.0419. The van der Waals surface area contributed by atoms with Crippen LogP contribution in [0.3, 0.4) is 0 Å². The lowest BCUT2D eigenvalue weighted by molar-refractivity contribution is 0.158. The van der Waals surface area contributed by atoms with Crippen LogP contribution in [0.2, 0.25) is 0 Å². The molecule has 2 heterocycles. The predicted molar refractivity (Wildman–Crippen MR) is 137 cm³/mol. The molecule has 0 aliphatic rings. The molecule has 2 aromatic carbocycles. The highest BCUT2D eigenvalue weighted by atomic mass is 16.5. The second-order valence-electron chi connectivity index (χ2n) is 9.05. The van der Waals surface area contributed by atoms with E-state index in [1.54, 1.807) is 7.11 Å². The minimum Gasteiger partial charge on any atom is -0.383 e. The van der Waals surface area contributed by atoms with Crippen molar-refractivity contribution in [1.82, 2.24) is 30.1 Å². The third-order valence-corrected chi connectivity index (χ3v) is 6.49. The number of methoxy groups -OCH3 is 1. The summed E-state index contributed by atoms with van der Waals surface area (Å²) in [6.45, 7) is 8.64. The van der Waals surface area contributed by atoms with E-state index in [9.17, 15) is 4.79 Å². The van der Waals surface area contributed by atoms with Crippen LogP contribution in [0.15, 0.2) is 53.3 Å². The lowest BCUT2D eigenvalue weighted by Gasteiger charge is -2.30. The summed E-state index contributed by atoms with van der Waals surface area (Å²) in [6.07, 6.45) is 1.67. The van der Waals surface area contributed by atoms with E-state index in [1.807, 2.05) is 29.8 Å². The molecule has 0 fully saturated rings. The summed E-state index contributed by atoms with van der Waals surface area (Å²) in [6, 6.07) is 16.6. The summed E-state index contributed by atoms with van der Waals surface area (Å²) in [7, 11) is 1.67. The van der Waals surface area contributed by atoms with Gasteiger partial charge >= 0.3 is 0 Å². The van der Waals surface area contributed by atoms with Gasteiger partial charge in [0.25, 0.3) is 5.56 Å². The molecule has 184 valence electrons. The Balaban J connectivity index is 1.69. The highest BCUT2D eigenvalue weighted by Crippen LogP contribution is 2.25. The van der Waals surface area contributed by atoms with Gasteiger partial charge in [-0.15, -0.1) is 5.10 Å². The number of aryl methyl sites for hydroxylation is 2. The summed E-state index contributed by atoms with van der Waals surface area (Å²) in [5.74, 6) is 0.793. The molecule has 1 unspecified atom stereocenters. The third-order valence-electron chi connectivity index (χ3n) is 6.49. The SMILES string of the molecule is CCC(c1nnnn1CCOC)N(CCc1ccccc1)Cc1cc2c(C)cc(C)cc2[nH]c1=O. The highest BCUT2D eigenvalue weighted by Gasteiger charge is 2.25. The smallest absolute Gasteiger partial charge is 0.252 e. The van der Waals surface area contributed by atoms with Gasteiger partial charge in [0.15, 0.2) is 5.82 Å². The Kier molecular flexibility index (Phi) is 8.05. The number of rotatable bonds is 11. The standard InChI is InChI=1S/C27H34N6O2/c1-5-25(26-29-30-31-33(26)13-14-35-4)32(12-11-21-9-7-6-8-10-21)18-22-17-23-20(3)15-19(2)16-24(23)28-27(22)34/h6-10,15-17,25H,5,11-14,18H2,1-4H3,(H,28,34). The third kappa shape index (κ3) is 5.83. The van der Waals surface area contributed by atoms with E-state index in [4.69, 9.17) is 4.74 Å². The lowest BCUT2D eigenvalue weighted by atomic mass is 10.0. The number of fused-ring (bicyclic) bond motifs is 1. The van der Waals surface area contributed by atoms with Gasteiger partial charge in [0.05, 0.1) is 19.2 Å². The monoisotopic (exact) mass is 474 g/mol. The molecule has 0 bridgehead atoms. The van der Waals surface area contributed by atoms with Crippen LogP contribution in [-0.4, -0.2) is 50.4 Å². The number of benzene rings is 2. The van der Waals surface area contributed by atoms with Gasteiger partial charge in [-0.05, 0) is 65.9 Å². The number of nitrogens with zero attached hydrogens (tertiary/aromatic N) is 5. The van der Waals surface area contributed by atoms with Crippen molar-refractivity contribution in [3.8, 4) is 0 Å². The van der Waals surface area contributed by atoms with E-state index in [0.717, 1.165) is 52.8 Å². The Hall–Kier alpha value is -3.36. The van der Waals surface area contributed by atoms with Gasteiger partial charge in [-0.3, -0.25) is 9.69 Å². The molecule has 0 aliphatic heterocycles. The van der Waals surface area contributed by atoms with Gasteiger partial charge in [0.1, 0.15) is 0 Å². The zero-order chi connectivity index (χ0) is 24.8. The van der Waals surface area contributed by atoms with Crippen LogP contribution >= 0.6 is 0 Å². The number of hydrogen-bond acceptors (Lipinski definition) is 6. The fraction of sp³-hybridized carbons (Fsp3) is 0.407. The van der Waals surface area contributed by atoms with Crippen LogP contribution in [0.25, 0.3) is 10.9 Å². The molecule has 0 amide bonds. The van der Waals surface area contributed by atoms with E-state index < -0.39 is 0 Å². The molecule has 0 saturated heterocycles. The molecule has 1 N–H and O–H groups in total. The zero-order valence-corrected chi connectivity index (χ0v) is 21.0. The Morgan fingerprint density at radius 3 is 2.69 bits per heavy atom. The minimum atomic E-state index is -0.0546. The molecule has 8 nitrogen and oxygen atoms in total. The Bertz CT molecular complexity index is 1310. The van der Waals surface area contributed by atoms with E-state index in [0.29, 0.717) is 19.7 Å². The Morgan fingerprint density at radius 1 is 1.14 bits per heavy atom. The normalized spacial score (nSPS) is 12.5. The molecule has 0 spiro atoms. The van der Waals surface area contributed by atoms with E-state index >= 15 is 0 Å². The van der Waals surface area contributed by atoms with Gasteiger partial charge in [0.2, 0.25) is 0 Å². The van der Waals surface area contributed by atoms with Gasteiger partial charge in [-0.2, -0.15) is 0 Å². The maximum atomic E-state index is 13.1. The molecule has 0 radical (unpaired) electrons. The van der Waals surface area contributed by atoms with E-state index in [2.05, 4.69) is 69.6 Å². The first-order chi connectivity index (χ1) is 17.0. The van der Waals surface area contributed by atoms with Crippen molar-refractivity contribution in [2.45, 2.75) is 52.7 Å². The number of ether oxygens (including phenoxy) is 1. The molecule has 2 aromatic heterocycles. The molecule has 8 heteroatoms. The van der Waals surface area contributed by atoms with Crippen molar-refractivity contribution in [1.29, 1.82) is 0 Å². The van der Waals surface area contributed by atoms with Crippen LogP contribution in [0.5, 0.6) is 0 Å². The molecule has 35 heavy (non-hydrogen) atoms. The van der Waals surface area contributed by atoms with Gasteiger partial charge in [0, 0.05) is 36.7 Å². The maximum Gasteiger partial charge on any atom is 0.252 e. The number of pyridine rings is 1. The van der Waals surface area contributed by atoms with Gasteiger partial charge < -0.3 is 9.72 Å². The van der Waals surface area contributed by atoms with Crippen LogP contribution < -0.4 is 5.56 Å². The summed E-state index contributed by atoms with van der Waals surface area (Å²) in [5, 5.41) is 13.6. The number of aromatic nitrogens is 5. The largest absolute Gasteiger partial charge is 0.383 e. The summed E-state index contributed by atoms with van der Waals surface area (Å²) in [4.78, 5) is 18.6. The van der Waals surface area contributed by atoms with Crippen molar-refractivity contribution in [2.75, 3.05) is 20.3 Å². The second kappa shape index (κ2) is 11.4. The van der Waals surface area contributed by atoms with Gasteiger partial charge in [-0.1, -0.05) is 43.3 Å². The number of H-pyrrole nitrogens is 1. The zero-order valence-electron chi connectivity index (χ0n) is 21.0. The summed E-state index contributed by atoms with van der Waals surface area (Å²) < 4.78 is 7.06. The molecule has 4 rings (SSSR count). The van der Waals surface area contributed by atoms with Crippen LogP contribution in [0.1, 0.15) is 47.5 Å². The fourth-order valence-electron chi connectivity index (χ4n) is 4.71. The van der Waals surface area contributed by atoms with Gasteiger partial charge in [-0.25, -0.2) is 4.68 Å². The van der Waals surface area contributed by atoms with Crippen LogP contribution in [0, 0.1) is 13.8 Å². The molecular weight excluding hydrogens is 440 g/mol. The maximum absolute atomic E-state index is 13.1. The van der Waals surface area contributed by atoms with Crippen LogP contribution in [-0.2, 0) is 24.2 Å². The van der Waals surface area contributed by atoms with Crippen molar-refractivity contribution < 1.29 is 4.74 Å². The van der Waals surface area contributed by atoms with E-state index in [-0.39, 0.29) is 11.6 Å². The first kappa shape index (κ1) is 24.8. The van der Waals surface area contributed by atoms with Crippen molar-refractivity contribution in [3.05, 3.63) is 87.0 Å². The average molecular weight is 475 g/mol. The average Bonchev–Trinajstić information content (AvgIpc) is 3.31. The quantitative estimate of drug-likeness (QED) is 0.354. The predicted octanol–water partition coefficient (Wildman–Crippen LogP) is 3.97. The molecular formula is C27H34N6O2. The Morgan fingerprint density at radius 2 is 1.94 bits per heavy atom. The highest BCUT2D eigenvalue weighted by molar-refractivity contribution is 5.83. The second-order valence-corrected chi connectivity index (χ2v) is 9.05. The fourth-order valence-corrected chi connectivity index (χ4v) is 4.71. The topological polar surface area (TPSA) is 88.9 Å². The first-order valence-electron chi connectivity index (χ1n) is 12.2. The summed E-state index contributed by atoms with van der Waals surface area (Å²) in [5.41, 5.74) is 5.11. The number of tetrazole rings is 1. The number of hydrogen-bond donors (Lipinski definition) is 1. The number of aromatic amines is 1. The molecule has 0 aliphatic carbocycles. The molecule has 1 atom stereocenters. The van der Waals surface area contributed by atoms with Crippen LogP contribution in [0.4, 0.5) is 0 Å².